The summed E-state index contributed by atoms with van der Waals surface area (Å²) >= 11 is 0. The molecule has 0 radical (unpaired) electrons. The molecule has 10 heavy (non-hydrogen) atoms. The van der Waals surface area contributed by atoms with Crippen LogP contribution in [0.4, 0.5) is 0 Å². The fourth-order valence-electron chi connectivity index (χ4n) is 1.23. The smallest absolute Gasteiger partial charge is 0.163 e. The Hall–Kier alpha value is -0.0800. The highest BCUT2D eigenvalue weighted by Crippen LogP contribution is 2.24. The highest BCUT2D eigenvalue weighted by molar-refractivity contribution is 4.69. The molecule has 0 bridgehead atoms. The molecule has 2 nitrogen and oxygen atoms in total. The summed E-state index contributed by atoms with van der Waals surface area (Å²) in [5, 5.41) is 0. The molecule has 0 amide bonds. The highest BCUT2D eigenvalue weighted by Gasteiger charge is 2.31. The molecular weight excluding hydrogens is 128 g/mol. The highest BCUT2D eigenvalue weighted by atomic mass is 16.7. The van der Waals surface area contributed by atoms with E-state index in [1.54, 1.807) is 0 Å². The SMILES string of the molecule is CCC[C@H]1COC(C)(C)O1. The minimum absolute atomic E-state index is 0.333. The third-order valence-corrected chi connectivity index (χ3v) is 1.68. The van der Waals surface area contributed by atoms with Crippen LogP contribution in [0, 0.1) is 0 Å². The van der Waals surface area contributed by atoms with Crippen LogP contribution in [0.5, 0.6) is 0 Å². The van der Waals surface area contributed by atoms with E-state index in [1.807, 2.05) is 13.8 Å². The monoisotopic (exact) mass is 144 g/mol. The molecule has 0 N–H and O–H groups in total. The van der Waals surface area contributed by atoms with E-state index >= 15 is 0 Å². The summed E-state index contributed by atoms with van der Waals surface area (Å²) in [6.07, 6.45) is 2.62. The van der Waals surface area contributed by atoms with Gasteiger partial charge in [0.2, 0.25) is 0 Å². The van der Waals surface area contributed by atoms with Gasteiger partial charge in [0.25, 0.3) is 0 Å². The van der Waals surface area contributed by atoms with Crippen molar-refractivity contribution in [2.45, 2.75) is 45.5 Å². The van der Waals surface area contributed by atoms with Crippen molar-refractivity contribution >= 4 is 0 Å². The van der Waals surface area contributed by atoms with Crippen LogP contribution in [0.1, 0.15) is 33.6 Å². The van der Waals surface area contributed by atoms with Crippen molar-refractivity contribution in [2.75, 3.05) is 6.61 Å². The summed E-state index contributed by atoms with van der Waals surface area (Å²) in [5.74, 6) is -0.333. The van der Waals surface area contributed by atoms with E-state index in [0.29, 0.717) is 6.10 Å². The maximum atomic E-state index is 5.57. The molecule has 0 aromatic rings. The Balaban J connectivity index is 2.29. The molecule has 1 atom stereocenters. The standard InChI is InChI=1S/C8H16O2/c1-4-5-7-6-9-8(2,3)10-7/h7H,4-6H2,1-3H3/t7-/m0/s1. The summed E-state index contributed by atoms with van der Waals surface area (Å²) in [7, 11) is 0. The fraction of sp³-hybridized carbons (Fsp3) is 1.00. The third kappa shape index (κ3) is 1.96. The van der Waals surface area contributed by atoms with Crippen LogP contribution in [-0.4, -0.2) is 18.5 Å². The molecule has 0 aliphatic carbocycles. The summed E-state index contributed by atoms with van der Waals surface area (Å²) in [6.45, 7) is 6.85. The van der Waals surface area contributed by atoms with E-state index in [2.05, 4.69) is 6.92 Å². The molecule has 1 aliphatic rings. The molecular formula is C8H16O2. The van der Waals surface area contributed by atoms with Gasteiger partial charge in [-0.25, -0.2) is 0 Å². The summed E-state index contributed by atoms with van der Waals surface area (Å²) < 4.78 is 11.0. The van der Waals surface area contributed by atoms with E-state index in [-0.39, 0.29) is 5.79 Å². The average molecular weight is 144 g/mol. The van der Waals surface area contributed by atoms with Gasteiger partial charge in [-0.2, -0.15) is 0 Å². The van der Waals surface area contributed by atoms with Crippen LogP contribution in [0.3, 0.4) is 0 Å². The topological polar surface area (TPSA) is 18.5 Å². The molecule has 1 rings (SSSR count). The lowest BCUT2D eigenvalue weighted by Crippen LogP contribution is -2.21. The zero-order valence-electron chi connectivity index (χ0n) is 7.02. The van der Waals surface area contributed by atoms with E-state index in [1.165, 1.54) is 6.42 Å². The molecule has 0 spiro atoms. The summed E-state index contributed by atoms with van der Waals surface area (Å²) in [4.78, 5) is 0. The summed E-state index contributed by atoms with van der Waals surface area (Å²) in [5.41, 5.74) is 0. The van der Waals surface area contributed by atoms with Crippen LogP contribution < -0.4 is 0 Å². The number of rotatable bonds is 2. The Labute approximate surface area is 62.5 Å². The lowest BCUT2D eigenvalue weighted by molar-refractivity contribution is -0.138. The number of hydrogen-bond donors (Lipinski definition) is 0. The van der Waals surface area contributed by atoms with Gasteiger partial charge in [0.15, 0.2) is 5.79 Å². The minimum atomic E-state index is -0.333. The zero-order valence-corrected chi connectivity index (χ0v) is 7.02. The number of hydrogen-bond acceptors (Lipinski definition) is 2. The molecule has 2 heteroatoms. The molecule has 1 aliphatic heterocycles. The van der Waals surface area contributed by atoms with Gasteiger partial charge in [-0.05, 0) is 20.3 Å². The Kier molecular flexibility index (Phi) is 2.32. The fourth-order valence-corrected chi connectivity index (χ4v) is 1.23. The van der Waals surface area contributed by atoms with Gasteiger partial charge >= 0.3 is 0 Å². The van der Waals surface area contributed by atoms with Gasteiger partial charge in [0, 0.05) is 0 Å². The van der Waals surface area contributed by atoms with Gasteiger partial charge in [-0.15, -0.1) is 0 Å². The van der Waals surface area contributed by atoms with Crippen LogP contribution >= 0.6 is 0 Å². The molecule has 1 saturated heterocycles. The minimum Gasteiger partial charge on any atom is -0.348 e. The second-order valence-corrected chi connectivity index (χ2v) is 3.24. The maximum Gasteiger partial charge on any atom is 0.163 e. The number of ether oxygens (including phenoxy) is 2. The van der Waals surface area contributed by atoms with Crippen LogP contribution in [0.2, 0.25) is 0 Å². The van der Waals surface area contributed by atoms with Gasteiger partial charge in [0.1, 0.15) is 0 Å². The van der Waals surface area contributed by atoms with Crippen molar-refractivity contribution < 1.29 is 9.47 Å². The Bertz CT molecular complexity index is 110. The molecule has 0 aromatic heterocycles. The molecule has 1 fully saturated rings. The van der Waals surface area contributed by atoms with E-state index in [9.17, 15) is 0 Å². The first kappa shape index (κ1) is 8.02. The van der Waals surface area contributed by atoms with Crippen molar-refractivity contribution in [3.8, 4) is 0 Å². The van der Waals surface area contributed by atoms with Gasteiger partial charge < -0.3 is 9.47 Å². The van der Waals surface area contributed by atoms with E-state index in [4.69, 9.17) is 9.47 Å². The van der Waals surface area contributed by atoms with E-state index < -0.39 is 0 Å². The lowest BCUT2D eigenvalue weighted by Gasteiger charge is -2.16. The predicted molar refractivity (Wildman–Crippen MR) is 39.8 cm³/mol. The second kappa shape index (κ2) is 2.89. The molecule has 0 saturated carbocycles. The molecule has 1 heterocycles. The first-order valence-electron chi connectivity index (χ1n) is 3.96. The Morgan fingerprint density at radius 1 is 1.50 bits per heavy atom. The van der Waals surface area contributed by atoms with Crippen LogP contribution in [0.25, 0.3) is 0 Å². The third-order valence-electron chi connectivity index (χ3n) is 1.68. The largest absolute Gasteiger partial charge is 0.348 e. The van der Waals surface area contributed by atoms with Crippen molar-refractivity contribution in [3.05, 3.63) is 0 Å². The first-order chi connectivity index (χ1) is 4.64. The Morgan fingerprint density at radius 3 is 2.60 bits per heavy atom. The van der Waals surface area contributed by atoms with Gasteiger partial charge in [-0.1, -0.05) is 13.3 Å². The van der Waals surface area contributed by atoms with Crippen molar-refractivity contribution in [3.63, 3.8) is 0 Å². The Morgan fingerprint density at radius 2 is 2.20 bits per heavy atom. The van der Waals surface area contributed by atoms with E-state index in [0.717, 1.165) is 13.0 Å². The molecule has 0 unspecified atom stereocenters. The first-order valence-corrected chi connectivity index (χ1v) is 3.96. The van der Waals surface area contributed by atoms with Gasteiger partial charge in [-0.3, -0.25) is 0 Å². The predicted octanol–water partition coefficient (Wildman–Crippen LogP) is 1.94. The quantitative estimate of drug-likeness (QED) is 0.589. The van der Waals surface area contributed by atoms with Crippen LogP contribution in [-0.2, 0) is 9.47 Å². The van der Waals surface area contributed by atoms with Gasteiger partial charge in [0.05, 0.1) is 12.7 Å². The molecule has 60 valence electrons. The zero-order chi connectivity index (χ0) is 7.61. The molecule has 0 aromatic carbocycles. The van der Waals surface area contributed by atoms with Crippen molar-refractivity contribution in [1.82, 2.24) is 0 Å². The average Bonchev–Trinajstić information content (AvgIpc) is 2.12. The summed E-state index contributed by atoms with van der Waals surface area (Å²) in [6, 6.07) is 0. The maximum absolute atomic E-state index is 5.57. The van der Waals surface area contributed by atoms with Crippen LogP contribution in [0.15, 0.2) is 0 Å². The normalized spacial score (nSPS) is 30.9. The van der Waals surface area contributed by atoms with Crippen molar-refractivity contribution in [2.24, 2.45) is 0 Å². The second-order valence-electron chi connectivity index (χ2n) is 3.24. The lowest BCUT2D eigenvalue weighted by atomic mass is 10.2. The van der Waals surface area contributed by atoms with Crippen molar-refractivity contribution in [1.29, 1.82) is 0 Å².